The van der Waals surface area contributed by atoms with Crippen molar-refractivity contribution in [2.45, 2.75) is 0 Å². The van der Waals surface area contributed by atoms with Crippen LogP contribution in [0.1, 0.15) is 0 Å². The van der Waals surface area contributed by atoms with Crippen molar-refractivity contribution in [3.05, 3.63) is 98.7 Å². The fourth-order valence-electron chi connectivity index (χ4n) is 2.92. The second-order valence-corrected chi connectivity index (χ2v) is 7.14. The monoisotopic (exact) mass is 433 g/mol. The molecule has 2 aromatic rings. The Bertz CT molecular complexity index is 710. The van der Waals surface area contributed by atoms with Crippen LogP contribution in [-0.4, -0.2) is 37.1 Å². The van der Waals surface area contributed by atoms with Gasteiger partial charge in [0, 0.05) is 58.4 Å². The van der Waals surface area contributed by atoms with Gasteiger partial charge in [0.15, 0.2) is 0 Å². The third-order valence-electron chi connectivity index (χ3n) is 4.12. The molecular formula is C23H24ClFeN3. The van der Waals surface area contributed by atoms with E-state index < -0.39 is 0 Å². The molecule has 4 rings (SSSR count). The number of benzene rings is 1. The van der Waals surface area contributed by atoms with Crippen LogP contribution in [0.15, 0.2) is 30.5 Å². The van der Waals surface area contributed by atoms with Crippen LogP contribution < -0.4 is 5.32 Å². The van der Waals surface area contributed by atoms with Crippen LogP contribution in [0, 0.1) is 63.2 Å². The van der Waals surface area contributed by atoms with Crippen molar-refractivity contribution >= 4 is 28.2 Å². The molecule has 28 heavy (non-hydrogen) atoms. The Labute approximate surface area is 186 Å². The maximum absolute atomic E-state index is 6.02. The maximum atomic E-state index is 6.02. The fourth-order valence-corrected chi connectivity index (χ4v) is 3.08. The predicted molar refractivity (Wildman–Crippen MR) is 115 cm³/mol. The van der Waals surface area contributed by atoms with Crippen LogP contribution in [-0.2, 0) is 17.1 Å². The molecule has 2 fully saturated rings. The van der Waals surface area contributed by atoms with Crippen molar-refractivity contribution in [2.75, 3.05) is 32.5 Å². The number of hydrogen-bond acceptors (Lipinski definition) is 3. The SMILES string of the molecule is CN(C)C[C]1[CH][CH][C](CNc2ccnc3cc(Cl)ccc23)[CH]1.[CH]1[CH][CH][CH][CH]1.[Fe]. The molecule has 0 aliphatic heterocycles. The number of rotatable bonds is 5. The van der Waals surface area contributed by atoms with Crippen LogP contribution in [0.5, 0.6) is 0 Å². The van der Waals surface area contributed by atoms with Crippen LogP contribution in [0.4, 0.5) is 5.69 Å². The number of anilines is 1. The molecule has 1 heterocycles. The van der Waals surface area contributed by atoms with Gasteiger partial charge in [0.05, 0.1) is 5.52 Å². The Morgan fingerprint density at radius 1 is 0.964 bits per heavy atom. The first kappa shape index (κ1) is 23.5. The van der Waals surface area contributed by atoms with Crippen molar-refractivity contribution in [1.82, 2.24) is 9.88 Å². The maximum Gasteiger partial charge on any atom is 0.0737 e. The zero-order valence-electron chi connectivity index (χ0n) is 16.0. The molecule has 1 N–H and O–H groups in total. The van der Waals surface area contributed by atoms with E-state index in [0.29, 0.717) is 5.02 Å². The molecule has 0 saturated heterocycles. The first-order chi connectivity index (χ1) is 13.1. The van der Waals surface area contributed by atoms with Gasteiger partial charge in [0.25, 0.3) is 0 Å². The molecule has 10 radical (unpaired) electrons. The summed E-state index contributed by atoms with van der Waals surface area (Å²) in [6.07, 6.45) is 18.4. The molecule has 0 amide bonds. The summed E-state index contributed by atoms with van der Waals surface area (Å²) >= 11 is 6.02. The Balaban J connectivity index is 0.000000408. The standard InChI is InChI=1S/C18H19ClN3.C5H5.Fe/c1-22(2)12-14-4-3-13(9-14)11-21-17-7-8-20-18-10-15(19)5-6-16(17)18;1-2-4-5-3-1;/h3-10H,11-12H2,1-2H3,(H,20,21);1-5H;. The van der Waals surface area contributed by atoms with E-state index in [2.05, 4.69) is 48.6 Å². The number of nitrogens with one attached hydrogen (secondary N) is 1. The molecule has 146 valence electrons. The van der Waals surface area contributed by atoms with Crippen molar-refractivity contribution < 1.29 is 17.1 Å². The van der Waals surface area contributed by atoms with Crippen LogP contribution >= 0.6 is 11.6 Å². The topological polar surface area (TPSA) is 28.2 Å². The smallest absolute Gasteiger partial charge is 0.0737 e. The van der Waals surface area contributed by atoms with E-state index in [1.165, 1.54) is 11.8 Å². The number of aromatic nitrogens is 1. The van der Waals surface area contributed by atoms with Crippen LogP contribution in [0.2, 0.25) is 5.02 Å². The van der Waals surface area contributed by atoms with E-state index >= 15 is 0 Å². The minimum absolute atomic E-state index is 0. The first-order valence-electron chi connectivity index (χ1n) is 8.96. The summed E-state index contributed by atoms with van der Waals surface area (Å²) in [4.78, 5) is 6.54. The van der Waals surface area contributed by atoms with Crippen molar-refractivity contribution in [1.29, 1.82) is 0 Å². The summed E-state index contributed by atoms with van der Waals surface area (Å²) in [7, 11) is 4.17. The van der Waals surface area contributed by atoms with Gasteiger partial charge in [0.1, 0.15) is 0 Å². The number of hydrogen-bond donors (Lipinski definition) is 1. The molecule has 3 nitrogen and oxygen atoms in total. The Kier molecular flexibility index (Phi) is 10.1. The summed E-state index contributed by atoms with van der Waals surface area (Å²) in [6.45, 7) is 1.77. The van der Waals surface area contributed by atoms with Gasteiger partial charge < -0.3 is 10.2 Å². The molecule has 0 atom stereocenters. The number of nitrogens with zero attached hydrogens (tertiary/aromatic N) is 2. The molecule has 2 saturated carbocycles. The summed E-state index contributed by atoms with van der Waals surface area (Å²) < 4.78 is 0. The fraction of sp³-hybridized carbons (Fsp3) is 0.174. The summed E-state index contributed by atoms with van der Waals surface area (Å²) in [5.74, 6) is 2.63. The van der Waals surface area contributed by atoms with Gasteiger partial charge in [-0.05, 0) is 95.6 Å². The molecule has 0 spiro atoms. The van der Waals surface area contributed by atoms with Crippen LogP contribution in [0.25, 0.3) is 10.9 Å². The van der Waals surface area contributed by atoms with Gasteiger partial charge in [-0.3, -0.25) is 4.98 Å². The molecule has 2 aliphatic carbocycles. The Morgan fingerprint density at radius 2 is 1.64 bits per heavy atom. The third kappa shape index (κ3) is 7.22. The average molecular weight is 434 g/mol. The van der Waals surface area contributed by atoms with Gasteiger partial charge in [-0.1, -0.05) is 11.6 Å². The van der Waals surface area contributed by atoms with Crippen molar-refractivity contribution in [3.8, 4) is 0 Å². The van der Waals surface area contributed by atoms with Crippen molar-refractivity contribution in [3.63, 3.8) is 0 Å². The zero-order chi connectivity index (χ0) is 19.1. The van der Waals surface area contributed by atoms with E-state index in [-0.39, 0.29) is 17.1 Å². The van der Waals surface area contributed by atoms with E-state index in [9.17, 15) is 0 Å². The minimum atomic E-state index is 0. The minimum Gasteiger partial charge on any atom is -0.384 e. The molecule has 0 unspecified atom stereocenters. The largest absolute Gasteiger partial charge is 0.384 e. The zero-order valence-corrected chi connectivity index (χ0v) is 17.9. The summed E-state index contributed by atoms with van der Waals surface area (Å²) in [6, 6.07) is 7.80. The van der Waals surface area contributed by atoms with Gasteiger partial charge in [-0.15, -0.1) is 0 Å². The van der Waals surface area contributed by atoms with Gasteiger partial charge >= 0.3 is 0 Å². The predicted octanol–water partition coefficient (Wildman–Crippen LogP) is 4.66. The molecule has 1 aromatic carbocycles. The van der Waals surface area contributed by atoms with E-state index in [0.717, 1.165) is 29.7 Å². The second-order valence-electron chi connectivity index (χ2n) is 6.70. The second kappa shape index (κ2) is 12.0. The van der Waals surface area contributed by atoms with E-state index in [1.807, 2.05) is 62.6 Å². The van der Waals surface area contributed by atoms with Crippen LogP contribution in [0.3, 0.4) is 0 Å². The summed E-state index contributed by atoms with van der Waals surface area (Å²) in [5.41, 5.74) is 1.99. The summed E-state index contributed by atoms with van der Waals surface area (Å²) in [5, 5.41) is 5.29. The number of pyridine rings is 1. The first-order valence-corrected chi connectivity index (χ1v) is 9.33. The molecule has 1 aromatic heterocycles. The third-order valence-corrected chi connectivity index (χ3v) is 4.36. The number of fused-ring (bicyclic) bond motifs is 1. The normalized spacial score (nSPS) is 17.4. The molecule has 2 aliphatic rings. The van der Waals surface area contributed by atoms with Gasteiger partial charge in [-0.25, -0.2) is 0 Å². The van der Waals surface area contributed by atoms with Gasteiger partial charge in [-0.2, -0.15) is 0 Å². The molecule has 0 bridgehead atoms. The van der Waals surface area contributed by atoms with Crippen molar-refractivity contribution in [2.24, 2.45) is 0 Å². The quantitative estimate of drug-likeness (QED) is 0.695. The molecule has 5 heteroatoms. The molecular weight excluding hydrogens is 410 g/mol. The number of halogens is 1. The Morgan fingerprint density at radius 3 is 2.32 bits per heavy atom. The van der Waals surface area contributed by atoms with E-state index in [4.69, 9.17) is 11.6 Å². The Hall–Kier alpha value is -0.801. The average Bonchev–Trinajstić information content (AvgIpc) is 3.34. The van der Waals surface area contributed by atoms with Gasteiger partial charge in [0.2, 0.25) is 0 Å². The van der Waals surface area contributed by atoms with E-state index in [1.54, 1.807) is 0 Å².